The third-order valence-electron chi connectivity index (χ3n) is 5.42. The molecule has 0 saturated carbocycles. The van der Waals surface area contributed by atoms with Crippen molar-refractivity contribution in [3.05, 3.63) is 94.2 Å². The van der Waals surface area contributed by atoms with Crippen LogP contribution < -0.4 is 5.32 Å². The minimum Gasteiger partial charge on any atom is -0.341 e. The molecule has 2 aromatic heterocycles. The topological polar surface area (TPSA) is 78.1 Å². The lowest BCUT2D eigenvalue weighted by Crippen LogP contribution is -2.27. The average Bonchev–Trinajstić information content (AvgIpc) is 3.45. The van der Waals surface area contributed by atoms with Crippen molar-refractivity contribution < 1.29 is 14.0 Å². The molecule has 0 aliphatic carbocycles. The third-order valence-corrected chi connectivity index (χ3v) is 6.56. The molecular weight excluding hydrogens is 451 g/mol. The molecule has 2 aromatic carbocycles. The molecule has 2 amide bonds. The summed E-state index contributed by atoms with van der Waals surface area (Å²) in [5, 5.41) is 10.7. The van der Waals surface area contributed by atoms with E-state index in [1.807, 2.05) is 43.3 Å². The maximum absolute atomic E-state index is 13.4. The van der Waals surface area contributed by atoms with E-state index in [0.29, 0.717) is 16.4 Å². The molecule has 0 saturated heterocycles. The second kappa shape index (κ2) is 10.4. The maximum Gasteiger partial charge on any atom is 0.264 e. The molecule has 0 unspecified atom stereocenters. The number of nitrogens with one attached hydrogen (secondary N) is 2. The lowest BCUT2D eigenvalue weighted by atomic mass is 10.1. The Hall–Kier alpha value is -3.78. The van der Waals surface area contributed by atoms with Gasteiger partial charge in [0.25, 0.3) is 11.8 Å². The Morgan fingerprint density at radius 1 is 1.09 bits per heavy atom. The molecule has 8 heteroatoms. The molecule has 0 bridgehead atoms. The average molecular weight is 477 g/mol. The number of benzene rings is 2. The van der Waals surface area contributed by atoms with Crippen LogP contribution in [0.25, 0.3) is 11.3 Å². The van der Waals surface area contributed by atoms with Crippen molar-refractivity contribution in [1.29, 1.82) is 0 Å². The predicted molar refractivity (Wildman–Crippen MR) is 133 cm³/mol. The number of aromatic amines is 1. The Morgan fingerprint density at radius 2 is 1.88 bits per heavy atom. The minimum absolute atomic E-state index is 0.0941. The fraction of sp³-hybridized carbons (Fsp3) is 0.192. The van der Waals surface area contributed by atoms with Crippen LogP contribution in [0, 0.1) is 12.7 Å². The summed E-state index contributed by atoms with van der Waals surface area (Å²) < 4.78 is 13.4. The maximum atomic E-state index is 13.4. The van der Waals surface area contributed by atoms with Crippen LogP contribution in [0.5, 0.6) is 0 Å². The molecule has 34 heavy (non-hydrogen) atoms. The SMILES string of the molecule is Cc1cc(NC(=O)c2cccc(F)c2)sc1C(=O)N(C)CCCc1cc(-c2ccccc2)n[nH]1. The van der Waals surface area contributed by atoms with Gasteiger partial charge in [0.05, 0.1) is 15.6 Å². The molecule has 4 aromatic rings. The second-order valence-electron chi connectivity index (χ2n) is 8.06. The summed E-state index contributed by atoms with van der Waals surface area (Å²) in [4.78, 5) is 27.6. The van der Waals surface area contributed by atoms with Gasteiger partial charge in [0.15, 0.2) is 0 Å². The minimum atomic E-state index is -0.473. The number of carbonyl (C=O) groups excluding carboxylic acids is 2. The van der Waals surface area contributed by atoms with Gasteiger partial charge in [-0.1, -0.05) is 36.4 Å². The van der Waals surface area contributed by atoms with Crippen molar-refractivity contribution in [2.75, 3.05) is 18.9 Å². The monoisotopic (exact) mass is 476 g/mol. The number of aryl methyl sites for hydroxylation is 2. The van der Waals surface area contributed by atoms with Crippen LogP contribution in [0.2, 0.25) is 0 Å². The highest BCUT2D eigenvalue weighted by molar-refractivity contribution is 7.18. The molecule has 174 valence electrons. The molecule has 0 fully saturated rings. The number of anilines is 1. The van der Waals surface area contributed by atoms with E-state index in [9.17, 15) is 14.0 Å². The smallest absolute Gasteiger partial charge is 0.264 e. The molecule has 0 aliphatic rings. The highest BCUT2D eigenvalue weighted by atomic mass is 32.1. The number of H-pyrrole nitrogens is 1. The van der Waals surface area contributed by atoms with Crippen LogP contribution in [0.4, 0.5) is 9.39 Å². The van der Waals surface area contributed by atoms with Crippen LogP contribution in [0.3, 0.4) is 0 Å². The zero-order valence-electron chi connectivity index (χ0n) is 19.0. The quantitative estimate of drug-likeness (QED) is 0.350. The Morgan fingerprint density at radius 3 is 2.65 bits per heavy atom. The first-order valence-electron chi connectivity index (χ1n) is 10.9. The van der Waals surface area contributed by atoms with Gasteiger partial charge in [-0.05, 0) is 55.7 Å². The van der Waals surface area contributed by atoms with Gasteiger partial charge in [-0.3, -0.25) is 14.7 Å². The van der Waals surface area contributed by atoms with Gasteiger partial charge < -0.3 is 10.2 Å². The van der Waals surface area contributed by atoms with E-state index < -0.39 is 11.7 Å². The zero-order chi connectivity index (χ0) is 24.1. The van der Waals surface area contributed by atoms with Gasteiger partial charge in [0, 0.05) is 30.4 Å². The molecule has 4 rings (SSSR count). The third kappa shape index (κ3) is 5.58. The van der Waals surface area contributed by atoms with Gasteiger partial charge in [-0.25, -0.2) is 4.39 Å². The fourth-order valence-electron chi connectivity index (χ4n) is 3.60. The van der Waals surface area contributed by atoms with Crippen LogP contribution >= 0.6 is 11.3 Å². The Labute approximate surface area is 201 Å². The summed E-state index contributed by atoms with van der Waals surface area (Å²) in [5.41, 5.74) is 4.00. The molecule has 0 radical (unpaired) electrons. The van der Waals surface area contributed by atoms with E-state index in [1.54, 1.807) is 24.1 Å². The lowest BCUT2D eigenvalue weighted by Gasteiger charge is -2.16. The summed E-state index contributed by atoms with van der Waals surface area (Å²) in [6, 6.07) is 19.3. The van der Waals surface area contributed by atoms with E-state index in [1.165, 1.54) is 29.5 Å². The molecule has 2 N–H and O–H groups in total. The van der Waals surface area contributed by atoms with E-state index >= 15 is 0 Å². The molecule has 6 nitrogen and oxygen atoms in total. The molecular formula is C26H25FN4O2S. The van der Waals surface area contributed by atoms with E-state index in [2.05, 4.69) is 15.5 Å². The number of thiophene rings is 1. The van der Waals surface area contributed by atoms with Crippen molar-refractivity contribution >= 4 is 28.2 Å². The Kier molecular flexibility index (Phi) is 7.18. The summed E-state index contributed by atoms with van der Waals surface area (Å²) >= 11 is 1.22. The van der Waals surface area contributed by atoms with E-state index in [0.717, 1.165) is 35.4 Å². The van der Waals surface area contributed by atoms with Crippen molar-refractivity contribution in [3.63, 3.8) is 0 Å². The predicted octanol–water partition coefficient (Wildman–Crippen LogP) is 5.54. The number of carbonyl (C=O) groups is 2. The Balaban J connectivity index is 1.32. The van der Waals surface area contributed by atoms with Crippen molar-refractivity contribution in [2.24, 2.45) is 0 Å². The Bertz CT molecular complexity index is 1300. The number of hydrogen-bond donors (Lipinski definition) is 2. The largest absolute Gasteiger partial charge is 0.341 e. The highest BCUT2D eigenvalue weighted by Gasteiger charge is 2.19. The van der Waals surface area contributed by atoms with Crippen LogP contribution in [0.1, 0.15) is 37.7 Å². The summed E-state index contributed by atoms with van der Waals surface area (Å²) in [6.45, 7) is 2.42. The van der Waals surface area contributed by atoms with Gasteiger partial charge in [-0.2, -0.15) is 5.10 Å². The van der Waals surface area contributed by atoms with Crippen LogP contribution in [-0.4, -0.2) is 40.5 Å². The summed E-state index contributed by atoms with van der Waals surface area (Å²) in [7, 11) is 1.77. The molecule has 0 atom stereocenters. The number of nitrogens with zero attached hydrogens (tertiary/aromatic N) is 2. The van der Waals surface area contributed by atoms with Crippen LogP contribution in [0.15, 0.2) is 66.7 Å². The van der Waals surface area contributed by atoms with Gasteiger partial charge in [-0.15, -0.1) is 11.3 Å². The van der Waals surface area contributed by atoms with Crippen molar-refractivity contribution in [2.45, 2.75) is 19.8 Å². The second-order valence-corrected chi connectivity index (χ2v) is 9.11. The normalized spacial score (nSPS) is 10.8. The van der Waals surface area contributed by atoms with E-state index in [4.69, 9.17) is 0 Å². The first-order valence-corrected chi connectivity index (χ1v) is 11.7. The fourth-order valence-corrected chi connectivity index (χ4v) is 4.66. The first kappa shape index (κ1) is 23.4. The van der Waals surface area contributed by atoms with Gasteiger partial charge in [0.2, 0.25) is 0 Å². The van der Waals surface area contributed by atoms with Gasteiger partial charge in [0.1, 0.15) is 5.82 Å². The van der Waals surface area contributed by atoms with Crippen molar-refractivity contribution in [3.8, 4) is 11.3 Å². The number of aromatic nitrogens is 2. The highest BCUT2D eigenvalue weighted by Crippen LogP contribution is 2.28. The number of amides is 2. The molecule has 0 spiro atoms. The number of rotatable bonds is 8. The molecule has 2 heterocycles. The van der Waals surface area contributed by atoms with Crippen LogP contribution in [-0.2, 0) is 6.42 Å². The lowest BCUT2D eigenvalue weighted by molar-refractivity contribution is 0.0797. The van der Waals surface area contributed by atoms with E-state index in [-0.39, 0.29) is 11.5 Å². The number of halogens is 1. The first-order chi connectivity index (χ1) is 16.4. The van der Waals surface area contributed by atoms with Crippen molar-refractivity contribution in [1.82, 2.24) is 15.1 Å². The summed E-state index contributed by atoms with van der Waals surface area (Å²) in [5.74, 6) is -0.982. The molecule has 0 aliphatic heterocycles. The number of hydrogen-bond acceptors (Lipinski definition) is 4. The zero-order valence-corrected chi connectivity index (χ0v) is 19.8. The van der Waals surface area contributed by atoms with Gasteiger partial charge >= 0.3 is 0 Å². The summed E-state index contributed by atoms with van der Waals surface area (Å²) in [6.07, 6.45) is 1.56. The standard InChI is InChI=1S/C26H25FN4O2S/c1-17-14-23(28-25(32)19-10-6-11-20(27)15-19)34-24(17)26(33)31(2)13-7-12-21-16-22(30-29-21)18-8-4-3-5-9-18/h3-6,8-11,14-16H,7,12-13H2,1-2H3,(H,28,32)(H,29,30).